The fourth-order valence-electron chi connectivity index (χ4n) is 1.45. The van der Waals surface area contributed by atoms with Gasteiger partial charge in [-0.25, -0.2) is 0 Å². The molecule has 0 heterocycles. The number of aryl methyl sites for hydroxylation is 1. The van der Waals surface area contributed by atoms with E-state index >= 15 is 0 Å². The van der Waals surface area contributed by atoms with E-state index in [0.29, 0.717) is 23.1 Å². The largest absolute Gasteiger partial charge is 0.495 e. The molecule has 0 spiro atoms. The van der Waals surface area contributed by atoms with Crippen molar-refractivity contribution in [2.45, 2.75) is 20.0 Å². The summed E-state index contributed by atoms with van der Waals surface area (Å²) in [5, 5.41) is 3.35. The third-order valence-corrected chi connectivity index (χ3v) is 2.98. The Morgan fingerprint density at radius 3 is 2.84 bits per heavy atom. The van der Waals surface area contributed by atoms with E-state index in [9.17, 15) is 4.79 Å². The van der Waals surface area contributed by atoms with Gasteiger partial charge in [0.25, 0.3) is 5.91 Å². The first-order valence-electron chi connectivity index (χ1n) is 5.87. The highest BCUT2D eigenvalue weighted by molar-refractivity contribution is 6.31. The van der Waals surface area contributed by atoms with Crippen LogP contribution in [0.5, 0.6) is 5.75 Å². The number of carbonyl (C=O) groups is 1. The molecule has 0 unspecified atom stereocenters. The van der Waals surface area contributed by atoms with E-state index in [4.69, 9.17) is 21.1 Å². The molecular formula is C14H18ClNO3. The van der Waals surface area contributed by atoms with Gasteiger partial charge >= 0.3 is 0 Å². The SMILES string of the molecule is C=CCO[C@H](C)C(=O)Nc1cc(C)c(Cl)cc1OC. The minimum Gasteiger partial charge on any atom is -0.495 e. The highest BCUT2D eigenvalue weighted by Crippen LogP contribution is 2.31. The van der Waals surface area contributed by atoms with E-state index in [1.807, 2.05) is 6.92 Å². The van der Waals surface area contributed by atoms with Crippen LogP contribution in [0.25, 0.3) is 0 Å². The van der Waals surface area contributed by atoms with Gasteiger partial charge in [-0.15, -0.1) is 6.58 Å². The van der Waals surface area contributed by atoms with Crippen molar-refractivity contribution >= 4 is 23.2 Å². The van der Waals surface area contributed by atoms with Gasteiger partial charge in [-0.1, -0.05) is 17.7 Å². The maximum Gasteiger partial charge on any atom is 0.253 e. The van der Waals surface area contributed by atoms with Crippen LogP contribution < -0.4 is 10.1 Å². The third kappa shape index (κ3) is 4.26. The molecule has 1 aromatic rings. The van der Waals surface area contributed by atoms with Gasteiger partial charge in [0, 0.05) is 11.1 Å². The summed E-state index contributed by atoms with van der Waals surface area (Å²) in [6, 6.07) is 3.43. The maximum atomic E-state index is 11.9. The summed E-state index contributed by atoms with van der Waals surface area (Å²) < 4.78 is 10.4. The molecule has 5 heteroatoms. The van der Waals surface area contributed by atoms with E-state index in [1.165, 1.54) is 7.11 Å². The molecule has 0 bridgehead atoms. The molecule has 1 aromatic carbocycles. The lowest BCUT2D eigenvalue weighted by molar-refractivity contribution is -0.125. The Balaban J connectivity index is 2.83. The number of methoxy groups -OCH3 is 1. The van der Waals surface area contributed by atoms with Gasteiger partial charge < -0.3 is 14.8 Å². The second-order valence-corrected chi connectivity index (χ2v) is 4.46. The second-order valence-electron chi connectivity index (χ2n) is 4.06. The number of hydrogen-bond donors (Lipinski definition) is 1. The molecule has 1 rings (SSSR count). The van der Waals surface area contributed by atoms with Crippen LogP contribution in [0, 0.1) is 6.92 Å². The lowest BCUT2D eigenvalue weighted by Gasteiger charge is -2.15. The molecule has 0 aliphatic carbocycles. The smallest absolute Gasteiger partial charge is 0.253 e. The number of amides is 1. The molecular weight excluding hydrogens is 266 g/mol. The van der Waals surface area contributed by atoms with Crippen molar-refractivity contribution < 1.29 is 14.3 Å². The van der Waals surface area contributed by atoms with E-state index in [-0.39, 0.29) is 5.91 Å². The lowest BCUT2D eigenvalue weighted by Crippen LogP contribution is -2.28. The van der Waals surface area contributed by atoms with E-state index in [0.717, 1.165) is 5.56 Å². The third-order valence-electron chi connectivity index (χ3n) is 2.57. The van der Waals surface area contributed by atoms with Gasteiger partial charge in [-0.05, 0) is 25.5 Å². The Kier molecular flexibility index (Phi) is 5.86. The van der Waals surface area contributed by atoms with Crippen LogP contribution in [-0.2, 0) is 9.53 Å². The van der Waals surface area contributed by atoms with Gasteiger partial charge in [0.2, 0.25) is 0 Å². The fourth-order valence-corrected chi connectivity index (χ4v) is 1.61. The van der Waals surface area contributed by atoms with Crippen molar-refractivity contribution in [1.82, 2.24) is 0 Å². The van der Waals surface area contributed by atoms with Crippen LogP contribution in [0.15, 0.2) is 24.8 Å². The maximum absolute atomic E-state index is 11.9. The van der Waals surface area contributed by atoms with Crippen molar-refractivity contribution in [3.05, 3.63) is 35.4 Å². The minimum absolute atomic E-state index is 0.248. The standard InChI is InChI=1S/C14H18ClNO3/c1-5-6-19-10(3)14(17)16-12-7-9(2)11(15)8-13(12)18-4/h5,7-8,10H,1,6H2,2-4H3,(H,16,17)/t10-/m1/s1. The summed E-state index contributed by atoms with van der Waals surface area (Å²) in [4.78, 5) is 11.9. The van der Waals surface area contributed by atoms with Crippen LogP contribution in [0.4, 0.5) is 5.69 Å². The zero-order valence-corrected chi connectivity index (χ0v) is 12.1. The molecule has 0 saturated carbocycles. The number of carbonyl (C=O) groups excluding carboxylic acids is 1. The minimum atomic E-state index is -0.571. The van der Waals surface area contributed by atoms with Gasteiger partial charge in [-0.3, -0.25) is 4.79 Å². The van der Waals surface area contributed by atoms with Crippen LogP contribution in [0.3, 0.4) is 0 Å². The molecule has 0 radical (unpaired) electrons. The predicted molar refractivity (Wildman–Crippen MR) is 77.0 cm³/mol. The Bertz CT molecular complexity index is 474. The van der Waals surface area contributed by atoms with Crippen molar-refractivity contribution in [3.63, 3.8) is 0 Å². The summed E-state index contributed by atoms with van der Waals surface area (Å²) >= 11 is 6.00. The predicted octanol–water partition coefficient (Wildman–Crippen LogP) is 3.19. The van der Waals surface area contributed by atoms with Crippen molar-refractivity contribution in [3.8, 4) is 5.75 Å². The fraction of sp³-hybridized carbons (Fsp3) is 0.357. The monoisotopic (exact) mass is 283 g/mol. The Morgan fingerprint density at radius 2 is 2.26 bits per heavy atom. The molecule has 0 aromatic heterocycles. The Morgan fingerprint density at radius 1 is 1.58 bits per heavy atom. The lowest BCUT2D eigenvalue weighted by atomic mass is 10.2. The first-order chi connectivity index (χ1) is 8.99. The topological polar surface area (TPSA) is 47.6 Å². The number of nitrogens with one attached hydrogen (secondary N) is 1. The van der Waals surface area contributed by atoms with E-state index < -0.39 is 6.10 Å². The normalized spacial score (nSPS) is 11.8. The Hall–Kier alpha value is -1.52. The quantitative estimate of drug-likeness (QED) is 0.816. The average molecular weight is 284 g/mol. The summed E-state index contributed by atoms with van der Waals surface area (Å²) in [5.41, 5.74) is 1.43. The first kappa shape index (κ1) is 15.5. The van der Waals surface area contributed by atoms with Gasteiger partial charge in [0.15, 0.2) is 0 Å². The van der Waals surface area contributed by atoms with Crippen LogP contribution in [-0.4, -0.2) is 25.7 Å². The molecule has 0 aliphatic rings. The highest BCUT2D eigenvalue weighted by Gasteiger charge is 2.16. The molecule has 0 aliphatic heterocycles. The van der Waals surface area contributed by atoms with E-state index in [2.05, 4.69) is 11.9 Å². The van der Waals surface area contributed by atoms with Crippen molar-refractivity contribution in [2.24, 2.45) is 0 Å². The van der Waals surface area contributed by atoms with E-state index in [1.54, 1.807) is 25.1 Å². The number of anilines is 1. The van der Waals surface area contributed by atoms with Crippen LogP contribution in [0.2, 0.25) is 5.02 Å². The molecule has 4 nitrogen and oxygen atoms in total. The van der Waals surface area contributed by atoms with Gasteiger partial charge in [-0.2, -0.15) is 0 Å². The van der Waals surface area contributed by atoms with Crippen LogP contribution >= 0.6 is 11.6 Å². The molecule has 0 fully saturated rings. The molecule has 104 valence electrons. The highest BCUT2D eigenvalue weighted by atomic mass is 35.5. The number of halogens is 1. The van der Waals surface area contributed by atoms with Gasteiger partial charge in [0.05, 0.1) is 19.4 Å². The molecule has 1 amide bonds. The van der Waals surface area contributed by atoms with Gasteiger partial charge in [0.1, 0.15) is 11.9 Å². The Labute approximate surface area is 118 Å². The van der Waals surface area contributed by atoms with Crippen molar-refractivity contribution in [1.29, 1.82) is 0 Å². The van der Waals surface area contributed by atoms with Crippen molar-refractivity contribution in [2.75, 3.05) is 19.0 Å². The zero-order chi connectivity index (χ0) is 14.4. The number of rotatable bonds is 6. The summed E-state index contributed by atoms with van der Waals surface area (Å²) in [5.74, 6) is 0.266. The number of ether oxygens (including phenoxy) is 2. The summed E-state index contributed by atoms with van der Waals surface area (Å²) in [6.07, 6.45) is 1.02. The average Bonchev–Trinajstić information content (AvgIpc) is 2.39. The van der Waals surface area contributed by atoms with Crippen LogP contribution in [0.1, 0.15) is 12.5 Å². The molecule has 19 heavy (non-hydrogen) atoms. The summed E-state index contributed by atoms with van der Waals surface area (Å²) in [7, 11) is 1.52. The molecule has 1 atom stereocenters. The summed E-state index contributed by atoms with van der Waals surface area (Å²) in [6.45, 7) is 7.39. The molecule has 1 N–H and O–H groups in total. The second kappa shape index (κ2) is 7.16. The number of hydrogen-bond acceptors (Lipinski definition) is 3. The molecule has 0 saturated heterocycles. The zero-order valence-electron chi connectivity index (χ0n) is 11.3. The first-order valence-corrected chi connectivity index (χ1v) is 6.25. The number of benzene rings is 1.